The Kier molecular flexibility index (Phi) is 43.5. The van der Waals surface area contributed by atoms with E-state index in [2.05, 4.69) is 35.4 Å². The van der Waals surface area contributed by atoms with E-state index in [0.717, 1.165) is 39.7 Å². The summed E-state index contributed by atoms with van der Waals surface area (Å²) in [7, 11) is 14.5. The van der Waals surface area contributed by atoms with Crippen LogP contribution in [0.5, 0.6) is 80.5 Å². The number of aromatic carboxylic acids is 1. The average molecular weight is 1840 g/mol. The molecule has 29 nitrogen and oxygen atoms in total. The number of halogens is 7. The van der Waals surface area contributed by atoms with Crippen molar-refractivity contribution in [3.8, 4) is 80.5 Å². The number of methoxy groups -OCH3 is 6. The van der Waals surface area contributed by atoms with Crippen LogP contribution in [0.3, 0.4) is 0 Å². The van der Waals surface area contributed by atoms with Crippen LogP contribution in [0.1, 0.15) is 189 Å². The van der Waals surface area contributed by atoms with Gasteiger partial charge in [0.1, 0.15) is 51.6 Å². The van der Waals surface area contributed by atoms with Gasteiger partial charge in [-0.15, -0.1) is 0 Å². The standard InChI is InChI=1S/C28H35F2N3O5.C19H25F2N3O3.C19H23F2NO4.C11H13FO3.C9H14N2O2.C9H13NO2/c1-8-37-22-11-9-10-19(25(22)38-27(29)30)17-33(16-18-12-13-20(35-6)14-23(18)36-7)26(34)21-15-24(28(2,3)4)31-32(21)5;1-6-26-14-9-7-8-12(16(14)27-18(20)21)11-22-17(25)13-10-15(19(2,3)4)23-24(13)5;1-4-25-16-7-5-6-14(18(16)26-19(20)21)12-22-11-13-8-9-15(23-2)10-17(13)24-3;1-3-14-10-6-4-5-9(7-13)11(10)15-8(2)12;1-9(2,3)7-5-6(8(12)13)11(4)10-7;1-11-8-4-3-7(6-10)9(5-8)12-2/h9-15,27H,8,16-17H2,1-7H3;7-10,18H,6,11H2,1-5H3,(H,22,25);5-10,19,22H,4,11-12H2,1-3H3;4-8H,3H2,1-2H3;5H,1-4H3,(H,12,13);3-5H,6,10H2,1-2H3. The van der Waals surface area contributed by atoms with E-state index in [1.165, 1.54) is 33.0 Å². The number of rotatable bonds is 37. The third-order valence-corrected chi connectivity index (χ3v) is 18.8. The van der Waals surface area contributed by atoms with Crippen molar-refractivity contribution in [1.82, 2.24) is 44.9 Å². The van der Waals surface area contributed by atoms with Crippen LogP contribution in [0.25, 0.3) is 0 Å². The molecular weight excluding hydrogens is 1720 g/mol. The molecule has 0 saturated carbocycles. The Morgan fingerprint density at radius 1 is 0.427 bits per heavy atom. The summed E-state index contributed by atoms with van der Waals surface area (Å²) in [5, 5.41) is 27.8. The maximum atomic E-state index is 14.0. The normalized spacial score (nSPS) is 11.2. The van der Waals surface area contributed by atoms with Crippen LogP contribution in [0.4, 0.5) is 30.7 Å². The van der Waals surface area contributed by atoms with Gasteiger partial charge in [0.15, 0.2) is 52.3 Å². The Morgan fingerprint density at radius 3 is 1.15 bits per heavy atom. The highest BCUT2D eigenvalue weighted by molar-refractivity contribution is 5.93. The van der Waals surface area contributed by atoms with Crippen LogP contribution in [0, 0.1) is 0 Å². The highest BCUT2D eigenvalue weighted by Gasteiger charge is 2.30. The summed E-state index contributed by atoms with van der Waals surface area (Å²) in [5.74, 6) is 3.52. The predicted molar refractivity (Wildman–Crippen MR) is 481 cm³/mol. The number of carbonyl (C=O) groups excluding carboxylic acids is 3. The van der Waals surface area contributed by atoms with Crippen molar-refractivity contribution in [3.05, 3.63) is 219 Å². The second-order valence-electron chi connectivity index (χ2n) is 31.4. The monoisotopic (exact) mass is 1840 g/mol. The van der Waals surface area contributed by atoms with Gasteiger partial charge in [0.25, 0.3) is 11.8 Å². The van der Waals surface area contributed by atoms with Gasteiger partial charge in [-0.3, -0.25) is 28.4 Å². The number of benzene rings is 7. The van der Waals surface area contributed by atoms with Gasteiger partial charge in [-0.05, 0) is 100 Å². The van der Waals surface area contributed by atoms with Crippen molar-refractivity contribution >= 4 is 24.1 Å². The lowest BCUT2D eigenvalue weighted by atomic mass is 9.92. The molecule has 0 fully saturated rings. The number of hydrogen-bond donors (Lipinski definition) is 4. The molecule has 0 aliphatic heterocycles. The maximum absolute atomic E-state index is 14.0. The van der Waals surface area contributed by atoms with Crippen LogP contribution in [-0.2, 0) is 76.7 Å². The maximum Gasteiger partial charge on any atom is 0.387 e. The number of amides is 2. The Labute approximate surface area is 760 Å². The average Bonchev–Trinajstić information content (AvgIpc) is 1.72. The lowest BCUT2D eigenvalue weighted by Crippen LogP contribution is -2.32. The fourth-order valence-electron chi connectivity index (χ4n) is 12.2. The molecule has 1 atom stereocenters. The summed E-state index contributed by atoms with van der Waals surface area (Å²) in [6, 6.07) is 41.1. The lowest BCUT2D eigenvalue weighted by Gasteiger charge is -2.25. The van der Waals surface area contributed by atoms with Crippen LogP contribution in [0.15, 0.2) is 146 Å². The van der Waals surface area contributed by atoms with Gasteiger partial charge in [0.05, 0.1) is 105 Å². The van der Waals surface area contributed by atoms with E-state index in [0.29, 0.717) is 114 Å². The number of alkyl halides is 7. The van der Waals surface area contributed by atoms with Gasteiger partial charge in [-0.25, -0.2) is 9.18 Å². The number of aromatic nitrogens is 6. The minimum atomic E-state index is -3.06. The zero-order valence-electron chi connectivity index (χ0n) is 78.5. The number of nitrogens with two attached hydrogens (primary N) is 1. The molecule has 2 amide bonds. The van der Waals surface area contributed by atoms with E-state index in [4.69, 9.17) is 67.7 Å². The molecule has 131 heavy (non-hydrogen) atoms. The van der Waals surface area contributed by atoms with Crippen molar-refractivity contribution in [2.24, 2.45) is 26.9 Å². The molecule has 716 valence electrons. The van der Waals surface area contributed by atoms with Crippen LogP contribution in [0.2, 0.25) is 0 Å². The number of aryl methyl sites for hydroxylation is 3. The van der Waals surface area contributed by atoms with Crippen molar-refractivity contribution in [1.29, 1.82) is 0 Å². The zero-order chi connectivity index (χ0) is 97.6. The molecular formula is C95H123F7N10O19. The van der Waals surface area contributed by atoms with E-state index in [1.807, 2.05) is 92.6 Å². The van der Waals surface area contributed by atoms with Crippen molar-refractivity contribution in [3.63, 3.8) is 0 Å². The smallest absolute Gasteiger partial charge is 0.387 e. The first-order valence-electron chi connectivity index (χ1n) is 41.6. The predicted octanol–water partition coefficient (Wildman–Crippen LogP) is 18.4. The van der Waals surface area contributed by atoms with E-state index in [9.17, 15) is 49.9 Å². The molecule has 3 aromatic heterocycles. The molecule has 7 aromatic carbocycles. The van der Waals surface area contributed by atoms with Gasteiger partial charge in [-0.1, -0.05) is 117 Å². The second-order valence-corrected chi connectivity index (χ2v) is 31.4. The summed E-state index contributed by atoms with van der Waals surface area (Å²) in [6.07, 6.45) is -0.870. The topological polar surface area (TPSA) is 325 Å². The molecule has 3 heterocycles. The van der Waals surface area contributed by atoms with E-state index in [1.54, 1.807) is 200 Å². The molecule has 1 unspecified atom stereocenters. The second kappa shape index (κ2) is 52.5. The van der Waals surface area contributed by atoms with Crippen molar-refractivity contribution < 1.29 is 121 Å². The largest absolute Gasteiger partial charge is 0.497 e. The summed E-state index contributed by atoms with van der Waals surface area (Å²) < 4.78 is 167. The van der Waals surface area contributed by atoms with Crippen molar-refractivity contribution in [2.75, 3.05) is 69.1 Å². The Balaban J connectivity index is 0.000000292. The van der Waals surface area contributed by atoms with Gasteiger partial charge in [0, 0.05) is 122 Å². The first kappa shape index (κ1) is 108. The van der Waals surface area contributed by atoms with Crippen LogP contribution in [-0.4, -0.2) is 159 Å². The number of carboxylic acid groups (broad SMARTS) is 1. The number of hydrogen-bond acceptors (Lipinski definition) is 23. The van der Waals surface area contributed by atoms with E-state index >= 15 is 0 Å². The number of ether oxygens (including phenoxy) is 14. The summed E-state index contributed by atoms with van der Waals surface area (Å²) in [4.78, 5) is 49.4. The fourth-order valence-corrected chi connectivity index (χ4v) is 12.2. The zero-order valence-corrected chi connectivity index (χ0v) is 78.5. The molecule has 10 rings (SSSR count). The van der Waals surface area contributed by atoms with Gasteiger partial charge >= 0.3 is 25.8 Å². The third kappa shape index (κ3) is 33.4. The van der Waals surface area contributed by atoms with Crippen LogP contribution >= 0.6 is 0 Å². The Hall–Kier alpha value is -13.1. The van der Waals surface area contributed by atoms with Gasteiger partial charge in [-0.2, -0.15) is 41.6 Å². The SMILES string of the molecule is CCOc1cccc(C=O)c1OC(C)F.CCOc1cccc(CN(Cc2ccc(OC)cc2OC)C(=O)c2cc(C(C)(C)C)nn2C)c1OC(F)F.CCOc1cccc(CNC(=O)c2cc(C(C)(C)C)nn2C)c1OC(F)F.CCOc1cccc(CNCc2ccc(OC)cc2OC)c1OC(F)F.COc1ccc(CN)c(OC)c1.Cn1nc(C(C)(C)C)cc1C(=O)O. The first-order valence-corrected chi connectivity index (χ1v) is 41.6. The third-order valence-electron chi connectivity index (χ3n) is 18.8. The Morgan fingerprint density at radius 2 is 0.771 bits per heavy atom. The summed E-state index contributed by atoms with van der Waals surface area (Å²) >= 11 is 0. The highest BCUT2D eigenvalue weighted by atomic mass is 19.3. The number of nitrogens with zero attached hydrogens (tertiary/aromatic N) is 7. The lowest BCUT2D eigenvalue weighted by molar-refractivity contribution is -0.0528. The minimum Gasteiger partial charge on any atom is -0.497 e. The molecule has 10 aromatic rings. The van der Waals surface area contributed by atoms with Crippen LogP contribution < -0.4 is 82.7 Å². The summed E-state index contributed by atoms with van der Waals surface area (Å²) in [6.45, 7) is 20.2. The number of nitrogens with one attached hydrogen (secondary N) is 2. The molecule has 36 heteroatoms. The quantitative estimate of drug-likeness (QED) is 0.0208. The number of aldehydes is 1. The molecule has 0 saturated heterocycles. The highest BCUT2D eigenvalue weighted by Crippen LogP contribution is 2.39. The Bertz CT molecular complexity index is 5260. The molecule has 0 spiro atoms. The fraction of sp³-hybridized carbons (Fsp3) is 0.421. The molecule has 0 aliphatic rings. The van der Waals surface area contributed by atoms with Gasteiger partial charge in [0.2, 0.25) is 6.36 Å². The van der Waals surface area contributed by atoms with Gasteiger partial charge < -0.3 is 92.7 Å². The van der Waals surface area contributed by atoms with E-state index in [-0.39, 0.29) is 100 Å². The van der Waals surface area contributed by atoms with E-state index < -0.39 is 32.2 Å². The minimum absolute atomic E-state index is 0.0117. The first-order chi connectivity index (χ1) is 62.0. The van der Waals surface area contributed by atoms with Crippen molar-refractivity contribution in [2.45, 2.75) is 179 Å². The molecule has 0 aliphatic carbocycles. The molecule has 0 radical (unpaired) electrons. The number of carboxylic acids is 1. The molecule has 0 bridgehead atoms. The number of carbonyl (C=O) groups is 4. The number of para-hydroxylation sites is 4. The molecule has 5 N–H and O–H groups in total. The summed E-state index contributed by atoms with van der Waals surface area (Å²) in [5.41, 5.74) is 12.5.